The molecule has 0 aromatic heterocycles. The summed E-state index contributed by atoms with van der Waals surface area (Å²) in [4.78, 5) is 26.3. The summed E-state index contributed by atoms with van der Waals surface area (Å²) in [6.07, 6.45) is -5.90. The number of methoxy groups -OCH3 is 1. The van der Waals surface area contributed by atoms with Crippen LogP contribution in [0.15, 0.2) is 42.5 Å². The Bertz CT molecular complexity index is 1150. The van der Waals surface area contributed by atoms with E-state index < -0.39 is 34.9 Å². The topological polar surface area (TPSA) is 88.1 Å². The Kier molecular flexibility index (Phi) is 7.07. The van der Waals surface area contributed by atoms with Crippen molar-refractivity contribution in [3.63, 3.8) is 0 Å². The van der Waals surface area contributed by atoms with Crippen molar-refractivity contribution in [1.82, 2.24) is 10.2 Å². The van der Waals surface area contributed by atoms with Gasteiger partial charge in [-0.3, -0.25) is 4.79 Å². The monoisotopic (exact) mass is 546 g/mol. The predicted octanol–water partition coefficient (Wildman–Crippen LogP) is 4.64. The van der Waals surface area contributed by atoms with Gasteiger partial charge in [-0.2, -0.15) is 13.2 Å². The number of carbonyl (C=O) groups excluding carboxylic acids is 2. The molecule has 0 radical (unpaired) electrons. The number of benzene rings is 2. The molecule has 7 nitrogen and oxygen atoms in total. The molecule has 2 unspecified atom stereocenters. The van der Waals surface area contributed by atoms with Gasteiger partial charge in [0, 0.05) is 59.6 Å². The third-order valence-corrected chi connectivity index (χ3v) is 7.23. The van der Waals surface area contributed by atoms with Gasteiger partial charge in [-0.1, -0.05) is 41.4 Å². The molecule has 1 spiro atoms. The summed E-state index contributed by atoms with van der Waals surface area (Å²) in [6.45, 7) is -0.157. The van der Waals surface area contributed by atoms with E-state index in [1.54, 1.807) is 18.2 Å². The number of alkyl halides is 3. The maximum atomic E-state index is 14.1. The lowest BCUT2D eigenvalue weighted by Gasteiger charge is -2.49. The zero-order valence-corrected chi connectivity index (χ0v) is 20.6. The van der Waals surface area contributed by atoms with Crippen molar-refractivity contribution in [3.05, 3.63) is 63.6 Å². The van der Waals surface area contributed by atoms with Gasteiger partial charge in [0.1, 0.15) is 11.4 Å². The van der Waals surface area contributed by atoms with Crippen LogP contribution in [0.1, 0.15) is 29.9 Å². The van der Waals surface area contributed by atoms with Gasteiger partial charge in [-0.05, 0) is 24.3 Å². The van der Waals surface area contributed by atoms with Crippen LogP contribution in [-0.4, -0.2) is 60.5 Å². The summed E-state index contributed by atoms with van der Waals surface area (Å²) in [5.74, 6) is -1.36. The number of hydrogen-bond acceptors (Lipinski definition) is 5. The first-order valence-corrected chi connectivity index (χ1v) is 11.8. The number of para-hydroxylation sites is 1. The van der Waals surface area contributed by atoms with Gasteiger partial charge in [0.2, 0.25) is 0 Å². The largest absolute Gasteiger partial charge is 0.496 e. The van der Waals surface area contributed by atoms with Crippen molar-refractivity contribution in [3.8, 4) is 5.75 Å². The second-order valence-electron chi connectivity index (χ2n) is 8.79. The summed E-state index contributed by atoms with van der Waals surface area (Å²) in [6, 6.07) is 10.1. The van der Waals surface area contributed by atoms with E-state index >= 15 is 0 Å². The second kappa shape index (κ2) is 9.64. The van der Waals surface area contributed by atoms with E-state index in [0.29, 0.717) is 5.75 Å². The standard InChI is InChI=1S/C24H23Cl2F3N2O5/c1-35-19-5-3-2-4-17(19)18-13-30-21(33)36-22(18)6-8-31(9-7-22)20(32)23(34,24(27,28)29)14-10-15(25)12-16(26)11-14/h2-5,10-12,18,34H,6-9,13H2,1H3,(H,30,33). The normalized spacial score (nSPS) is 21.4. The molecule has 0 saturated carbocycles. The van der Waals surface area contributed by atoms with Crippen LogP contribution < -0.4 is 10.1 Å². The lowest BCUT2D eigenvalue weighted by molar-refractivity contribution is -0.262. The van der Waals surface area contributed by atoms with Crippen molar-refractivity contribution in [2.24, 2.45) is 0 Å². The van der Waals surface area contributed by atoms with Crippen LogP contribution in [0.3, 0.4) is 0 Å². The Balaban J connectivity index is 1.64. The summed E-state index contributed by atoms with van der Waals surface area (Å²) in [5, 5.41) is 13.1. The first kappa shape index (κ1) is 26.4. The Morgan fingerprint density at radius 3 is 2.36 bits per heavy atom. The van der Waals surface area contributed by atoms with Gasteiger partial charge in [0.05, 0.1) is 7.11 Å². The van der Waals surface area contributed by atoms with Crippen LogP contribution in [0.5, 0.6) is 5.75 Å². The van der Waals surface area contributed by atoms with Crippen molar-refractivity contribution in [2.75, 3.05) is 26.7 Å². The van der Waals surface area contributed by atoms with E-state index in [0.717, 1.165) is 22.6 Å². The molecule has 2 aromatic carbocycles. The Morgan fingerprint density at radius 2 is 1.78 bits per heavy atom. The molecule has 4 rings (SSSR count). The van der Waals surface area contributed by atoms with Gasteiger partial charge < -0.3 is 24.8 Å². The average Bonchev–Trinajstić information content (AvgIpc) is 2.82. The lowest BCUT2D eigenvalue weighted by Crippen LogP contribution is -2.62. The molecule has 2 aromatic rings. The number of alkyl carbamates (subject to hydrolysis) is 1. The van der Waals surface area contributed by atoms with Crippen LogP contribution in [-0.2, 0) is 15.1 Å². The number of aliphatic hydroxyl groups is 1. The number of halogens is 5. The zero-order valence-electron chi connectivity index (χ0n) is 19.1. The first-order chi connectivity index (χ1) is 16.9. The minimum atomic E-state index is -5.35. The van der Waals surface area contributed by atoms with Crippen molar-refractivity contribution in [2.45, 2.75) is 36.1 Å². The summed E-state index contributed by atoms with van der Waals surface area (Å²) in [7, 11) is 1.51. The number of hydrogen-bond donors (Lipinski definition) is 2. The third kappa shape index (κ3) is 4.57. The number of likely N-dealkylation sites (tertiary alicyclic amines) is 1. The number of piperidine rings is 1. The van der Waals surface area contributed by atoms with E-state index in [-0.39, 0.29) is 48.4 Å². The van der Waals surface area contributed by atoms with E-state index in [2.05, 4.69) is 5.32 Å². The molecule has 2 heterocycles. The smallest absolute Gasteiger partial charge is 0.430 e. The molecular weight excluding hydrogens is 524 g/mol. The third-order valence-electron chi connectivity index (χ3n) is 6.79. The van der Waals surface area contributed by atoms with Crippen LogP contribution in [0.2, 0.25) is 10.0 Å². The summed E-state index contributed by atoms with van der Waals surface area (Å²) in [5.41, 5.74) is -4.96. The van der Waals surface area contributed by atoms with Crippen molar-refractivity contribution in [1.29, 1.82) is 0 Å². The molecule has 0 bridgehead atoms. The number of nitrogens with one attached hydrogen (secondary N) is 1. The number of amides is 2. The highest BCUT2D eigenvalue weighted by molar-refractivity contribution is 6.34. The van der Waals surface area contributed by atoms with Crippen molar-refractivity contribution < 1.29 is 37.3 Å². The van der Waals surface area contributed by atoms with Crippen LogP contribution in [0.4, 0.5) is 18.0 Å². The average molecular weight is 547 g/mol. The van der Waals surface area contributed by atoms with Gasteiger partial charge in [-0.25, -0.2) is 4.79 Å². The minimum Gasteiger partial charge on any atom is -0.496 e. The minimum absolute atomic E-state index is 0.0547. The van der Waals surface area contributed by atoms with E-state index in [4.69, 9.17) is 32.7 Å². The Labute approximate surface area is 215 Å². The molecule has 36 heavy (non-hydrogen) atoms. The maximum absolute atomic E-state index is 14.1. The molecule has 12 heteroatoms. The molecule has 0 aliphatic carbocycles. The first-order valence-electron chi connectivity index (χ1n) is 11.1. The molecule has 2 fully saturated rings. The van der Waals surface area contributed by atoms with Crippen LogP contribution >= 0.6 is 23.2 Å². The van der Waals surface area contributed by atoms with E-state index in [9.17, 15) is 27.9 Å². The number of rotatable bonds is 4. The van der Waals surface area contributed by atoms with Crippen LogP contribution in [0.25, 0.3) is 0 Å². The fourth-order valence-corrected chi connectivity index (χ4v) is 5.48. The number of ether oxygens (including phenoxy) is 2. The highest BCUT2D eigenvalue weighted by atomic mass is 35.5. The second-order valence-corrected chi connectivity index (χ2v) is 9.66. The molecule has 2 saturated heterocycles. The van der Waals surface area contributed by atoms with Crippen LogP contribution in [0, 0.1) is 0 Å². The molecule has 2 aliphatic heterocycles. The Hall–Kier alpha value is -2.69. The maximum Gasteiger partial charge on any atom is 0.430 e. The quantitative estimate of drug-likeness (QED) is 0.583. The fraction of sp³-hybridized carbons (Fsp3) is 0.417. The van der Waals surface area contributed by atoms with Gasteiger partial charge in [0.15, 0.2) is 0 Å². The molecular formula is C24H23Cl2F3N2O5. The molecule has 2 aliphatic rings. The van der Waals surface area contributed by atoms with E-state index in [1.165, 1.54) is 13.2 Å². The zero-order chi connectivity index (χ0) is 26.3. The van der Waals surface area contributed by atoms with E-state index in [1.807, 2.05) is 6.07 Å². The SMILES string of the molecule is COc1ccccc1C1CNC(=O)OC12CCN(C(=O)C(O)(c1cc(Cl)cc(Cl)c1)C(F)(F)F)CC2. The molecule has 2 amide bonds. The highest BCUT2D eigenvalue weighted by Gasteiger charge is 2.63. The molecule has 2 N–H and O–H groups in total. The lowest BCUT2D eigenvalue weighted by atomic mass is 9.74. The number of nitrogens with zero attached hydrogens (tertiary/aromatic N) is 1. The van der Waals surface area contributed by atoms with Gasteiger partial charge in [-0.15, -0.1) is 0 Å². The summed E-state index contributed by atoms with van der Waals surface area (Å²) < 4.78 is 53.6. The van der Waals surface area contributed by atoms with Gasteiger partial charge in [0.25, 0.3) is 11.5 Å². The molecule has 2 atom stereocenters. The van der Waals surface area contributed by atoms with Gasteiger partial charge >= 0.3 is 12.3 Å². The van der Waals surface area contributed by atoms with Crippen molar-refractivity contribution >= 4 is 35.2 Å². The summed E-state index contributed by atoms with van der Waals surface area (Å²) >= 11 is 11.7. The molecule has 194 valence electrons. The Morgan fingerprint density at radius 1 is 1.17 bits per heavy atom. The number of carbonyl (C=O) groups is 2. The fourth-order valence-electron chi connectivity index (χ4n) is 4.95. The highest BCUT2D eigenvalue weighted by Crippen LogP contribution is 2.47. The predicted molar refractivity (Wildman–Crippen MR) is 125 cm³/mol.